The van der Waals surface area contributed by atoms with Gasteiger partial charge in [0, 0.05) is 23.1 Å². The number of benzene rings is 2. The monoisotopic (exact) mass is 447 g/mol. The summed E-state index contributed by atoms with van der Waals surface area (Å²) in [5.74, 6) is -0.634. The summed E-state index contributed by atoms with van der Waals surface area (Å²) in [4.78, 5) is 14.4. The number of nitrogens with one attached hydrogen (secondary N) is 2. The summed E-state index contributed by atoms with van der Waals surface area (Å²) in [7, 11) is 0. The number of nitrogens with zero attached hydrogens (tertiary/aromatic N) is 1. The molecule has 2 aromatic rings. The van der Waals surface area contributed by atoms with Gasteiger partial charge < -0.3 is 20.3 Å². The van der Waals surface area contributed by atoms with E-state index in [1.165, 1.54) is 6.07 Å². The van der Waals surface area contributed by atoms with Crippen molar-refractivity contribution in [3.63, 3.8) is 0 Å². The lowest BCUT2D eigenvalue weighted by Crippen LogP contribution is -2.36. The number of rotatable bonds is 5. The van der Waals surface area contributed by atoms with Crippen LogP contribution in [0.4, 0.5) is 30.2 Å². The Hall–Kier alpha value is -2.16. The topological polar surface area (TPSA) is 53.6 Å². The normalized spacial score (nSPS) is 14.6. The number of hydrogen-bond acceptors (Lipinski definition) is 4. The van der Waals surface area contributed by atoms with Crippen LogP contribution in [0.3, 0.4) is 0 Å². The van der Waals surface area contributed by atoms with Gasteiger partial charge in [-0.1, -0.05) is 23.2 Å². The Balaban J connectivity index is 1.71. The van der Waals surface area contributed by atoms with Gasteiger partial charge in [0.05, 0.1) is 42.4 Å². The molecule has 0 bridgehead atoms. The quantitative estimate of drug-likeness (QED) is 0.684. The first-order valence-corrected chi connectivity index (χ1v) is 9.52. The number of carbonyl (C=O) groups excluding carboxylic acids is 1. The first-order chi connectivity index (χ1) is 13.7. The Morgan fingerprint density at radius 3 is 2.38 bits per heavy atom. The van der Waals surface area contributed by atoms with Crippen LogP contribution in [0.5, 0.6) is 0 Å². The smallest absolute Gasteiger partial charge is 0.378 e. The minimum Gasteiger partial charge on any atom is -0.378 e. The molecule has 0 saturated carbocycles. The van der Waals surface area contributed by atoms with E-state index in [1.54, 1.807) is 12.1 Å². The number of carbonyl (C=O) groups is 1. The lowest BCUT2D eigenvalue weighted by Gasteiger charge is -2.30. The van der Waals surface area contributed by atoms with Crippen molar-refractivity contribution in [2.75, 3.05) is 48.4 Å². The molecular weight excluding hydrogens is 430 g/mol. The molecule has 10 heteroatoms. The number of anilines is 3. The Labute approximate surface area is 175 Å². The van der Waals surface area contributed by atoms with Crippen LogP contribution < -0.4 is 15.5 Å². The summed E-state index contributed by atoms with van der Waals surface area (Å²) < 4.78 is 44.9. The van der Waals surface area contributed by atoms with Crippen molar-refractivity contribution in [3.8, 4) is 0 Å². The van der Waals surface area contributed by atoms with Crippen molar-refractivity contribution < 1.29 is 22.7 Å². The number of alkyl halides is 3. The number of halogens is 5. The van der Waals surface area contributed by atoms with E-state index in [9.17, 15) is 18.0 Å². The third-order valence-electron chi connectivity index (χ3n) is 4.31. The van der Waals surface area contributed by atoms with Crippen LogP contribution in [0.1, 0.15) is 5.56 Å². The van der Waals surface area contributed by atoms with Crippen molar-refractivity contribution >= 4 is 46.2 Å². The predicted octanol–water partition coefficient (Wildman–Crippen LogP) is 4.90. The first-order valence-electron chi connectivity index (χ1n) is 8.77. The highest BCUT2D eigenvalue weighted by molar-refractivity contribution is 6.31. The maximum absolute atomic E-state index is 13.2. The van der Waals surface area contributed by atoms with E-state index in [0.717, 1.165) is 17.8 Å². The molecule has 29 heavy (non-hydrogen) atoms. The zero-order chi connectivity index (χ0) is 21.0. The van der Waals surface area contributed by atoms with Crippen molar-refractivity contribution in [1.29, 1.82) is 0 Å². The Kier molecular flexibility index (Phi) is 6.77. The van der Waals surface area contributed by atoms with Gasteiger partial charge in [-0.3, -0.25) is 4.79 Å². The van der Waals surface area contributed by atoms with E-state index >= 15 is 0 Å². The molecule has 0 radical (unpaired) electrons. The van der Waals surface area contributed by atoms with E-state index in [2.05, 4.69) is 15.5 Å². The second-order valence-corrected chi connectivity index (χ2v) is 7.22. The fourth-order valence-electron chi connectivity index (χ4n) is 2.96. The number of ether oxygens (including phenoxy) is 1. The number of morpholine rings is 1. The van der Waals surface area contributed by atoms with E-state index in [0.29, 0.717) is 37.0 Å². The third-order valence-corrected chi connectivity index (χ3v) is 4.78. The average Bonchev–Trinajstić information content (AvgIpc) is 2.68. The molecule has 1 fully saturated rings. The Morgan fingerprint density at radius 2 is 1.69 bits per heavy atom. The van der Waals surface area contributed by atoms with Crippen LogP contribution in [-0.4, -0.2) is 38.8 Å². The molecule has 0 aromatic heterocycles. The lowest BCUT2D eigenvalue weighted by molar-refractivity contribution is -0.137. The summed E-state index contributed by atoms with van der Waals surface area (Å²) in [6.45, 7) is 2.29. The fourth-order valence-corrected chi connectivity index (χ4v) is 3.30. The van der Waals surface area contributed by atoms with E-state index < -0.39 is 17.6 Å². The highest BCUT2D eigenvalue weighted by atomic mass is 35.5. The molecule has 5 nitrogen and oxygen atoms in total. The molecule has 156 valence electrons. The second kappa shape index (κ2) is 9.11. The maximum atomic E-state index is 13.2. The molecule has 0 unspecified atom stereocenters. The van der Waals surface area contributed by atoms with Crippen LogP contribution in [0.15, 0.2) is 36.4 Å². The minimum atomic E-state index is -4.64. The van der Waals surface area contributed by atoms with Crippen molar-refractivity contribution in [2.24, 2.45) is 0 Å². The standard InChI is InChI=1S/C19H18Cl2F3N3O2/c20-12-1-3-15(14(9-12)19(22,23)24)26-18(28)11-25-16-10-13(21)2-4-17(16)27-5-7-29-8-6-27/h1-4,9-10,25H,5-8,11H2,(H,26,28). The molecule has 1 aliphatic rings. The minimum absolute atomic E-state index is 0.0671. The predicted molar refractivity (Wildman–Crippen MR) is 108 cm³/mol. The zero-order valence-corrected chi connectivity index (χ0v) is 16.7. The van der Waals surface area contributed by atoms with Gasteiger partial charge in [-0.15, -0.1) is 0 Å². The van der Waals surface area contributed by atoms with Crippen molar-refractivity contribution in [1.82, 2.24) is 0 Å². The molecule has 1 aliphatic heterocycles. The van der Waals surface area contributed by atoms with Gasteiger partial charge in [0.25, 0.3) is 0 Å². The third kappa shape index (κ3) is 5.68. The Bertz CT molecular complexity index is 887. The molecule has 0 aliphatic carbocycles. The number of amides is 1. The lowest BCUT2D eigenvalue weighted by atomic mass is 10.1. The second-order valence-electron chi connectivity index (χ2n) is 6.35. The first kappa shape index (κ1) is 21.5. The van der Waals surface area contributed by atoms with Gasteiger partial charge in [-0.25, -0.2) is 0 Å². The SMILES string of the molecule is O=C(CNc1cc(Cl)ccc1N1CCOCC1)Nc1ccc(Cl)cc1C(F)(F)F. The van der Waals surface area contributed by atoms with Crippen molar-refractivity contribution in [2.45, 2.75) is 6.18 Å². The molecular formula is C19H18Cl2F3N3O2. The van der Waals surface area contributed by atoms with Gasteiger partial charge in [0.2, 0.25) is 5.91 Å². The average molecular weight is 448 g/mol. The van der Waals surface area contributed by atoms with Gasteiger partial charge in [0.15, 0.2) is 0 Å². The van der Waals surface area contributed by atoms with Crippen LogP contribution >= 0.6 is 23.2 Å². The molecule has 2 aromatic carbocycles. The summed E-state index contributed by atoms with van der Waals surface area (Å²) >= 11 is 11.7. The highest BCUT2D eigenvalue weighted by Crippen LogP contribution is 2.36. The Morgan fingerprint density at radius 1 is 1.03 bits per heavy atom. The van der Waals surface area contributed by atoms with Gasteiger partial charge >= 0.3 is 6.18 Å². The van der Waals surface area contributed by atoms with Gasteiger partial charge in [0.1, 0.15) is 0 Å². The van der Waals surface area contributed by atoms with Crippen LogP contribution in [0.2, 0.25) is 10.0 Å². The van der Waals surface area contributed by atoms with Crippen molar-refractivity contribution in [3.05, 3.63) is 52.0 Å². The highest BCUT2D eigenvalue weighted by Gasteiger charge is 2.34. The molecule has 1 heterocycles. The van der Waals surface area contributed by atoms with E-state index in [-0.39, 0.29) is 17.3 Å². The summed E-state index contributed by atoms with van der Waals surface area (Å²) in [5.41, 5.74) is 0.0954. The summed E-state index contributed by atoms with van der Waals surface area (Å²) in [6, 6.07) is 8.42. The summed E-state index contributed by atoms with van der Waals surface area (Å²) in [5, 5.41) is 5.64. The maximum Gasteiger partial charge on any atom is 0.418 e. The van der Waals surface area contributed by atoms with Crippen LogP contribution in [0, 0.1) is 0 Å². The van der Waals surface area contributed by atoms with Gasteiger partial charge in [-0.05, 0) is 36.4 Å². The molecule has 2 N–H and O–H groups in total. The fraction of sp³-hybridized carbons (Fsp3) is 0.316. The van der Waals surface area contributed by atoms with Gasteiger partial charge in [-0.2, -0.15) is 13.2 Å². The molecule has 0 spiro atoms. The molecule has 1 saturated heterocycles. The molecule has 3 rings (SSSR count). The zero-order valence-electron chi connectivity index (χ0n) is 15.2. The largest absolute Gasteiger partial charge is 0.418 e. The summed E-state index contributed by atoms with van der Waals surface area (Å²) in [6.07, 6.45) is -4.64. The van der Waals surface area contributed by atoms with E-state index in [1.807, 2.05) is 6.07 Å². The van der Waals surface area contributed by atoms with Crippen LogP contribution in [0.25, 0.3) is 0 Å². The molecule has 0 atom stereocenters. The van der Waals surface area contributed by atoms with E-state index in [4.69, 9.17) is 27.9 Å². The van der Waals surface area contributed by atoms with Crippen LogP contribution in [-0.2, 0) is 15.7 Å². The number of hydrogen-bond donors (Lipinski definition) is 2. The molecule has 1 amide bonds.